The third kappa shape index (κ3) is 5.55. The van der Waals surface area contributed by atoms with Crippen molar-refractivity contribution in [3.8, 4) is 11.4 Å². The molecule has 4 rings (SSSR count). The second kappa shape index (κ2) is 9.83. The van der Waals surface area contributed by atoms with Crippen molar-refractivity contribution < 1.29 is 14.3 Å². The van der Waals surface area contributed by atoms with Crippen LogP contribution in [-0.4, -0.2) is 44.3 Å². The van der Waals surface area contributed by atoms with Gasteiger partial charge in [0.05, 0.1) is 29.7 Å². The lowest BCUT2D eigenvalue weighted by atomic mass is 10.0. The summed E-state index contributed by atoms with van der Waals surface area (Å²) >= 11 is 0. The van der Waals surface area contributed by atoms with Crippen LogP contribution in [0.5, 0.6) is 0 Å². The van der Waals surface area contributed by atoms with Gasteiger partial charge < -0.3 is 9.47 Å². The van der Waals surface area contributed by atoms with Crippen LogP contribution in [0.25, 0.3) is 11.4 Å². The molecule has 0 amide bonds. The molecule has 4 atom stereocenters. The zero-order valence-electron chi connectivity index (χ0n) is 17.9. The SMILES string of the molecule is C[C@H](C[C@@H]1CC[C@@H]([C@H](C)Cn2cc(-c3ccccn3)nn2)O1)OC(=O)c1ccccc1. The lowest BCUT2D eigenvalue weighted by Gasteiger charge is -2.21. The van der Waals surface area contributed by atoms with Gasteiger partial charge in [0.1, 0.15) is 11.8 Å². The molecule has 1 aliphatic rings. The predicted molar refractivity (Wildman–Crippen MR) is 116 cm³/mol. The van der Waals surface area contributed by atoms with Crippen LogP contribution < -0.4 is 0 Å². The first-order valence-electron chi connectivity index (χ1n) is 10.8. The van der Waals surface area contributed by atoms with E-state index in [1.54, 1.807) is 18.3 Å². The Kier molecular flexibility index (Phi) is 6.72. The molecule has 1 fully saturated rings. The molecular formula is C24H28N4O3. The number of carbonyl (C=O) groups excluding carboxylic acids is 1. The number of hydrogen-bond acceptors (Lipinski definition) is 6. The van der Waals surface area contributed by atoms with Gasteiger partial charge in [-0.05, 0) is 44.0 Å². The van der Waals surface area contributed by atoms with Crippen LogP contribution in [0, 0.1) is 5.92 Å². The number of pyridine rings is 1. The summed E-state index contributed by atoms with van der Waals surface area (Å²) in [5.41, 5.74) is 2.16. The molecular weight excluding hydrogens is 392 g/mol. The Morgan fingerprint density at radius 2 is 1.94 bits per heavy atom. The maximum atomic E-state index is 12.2. The van der Waals surface area contributed by atoms with E-state index in [-0.39, 0.29) is 24.3 Å². The Bertz CT molecular complexity index is 977. The predicted octanol–water partition coefficient (Wildman–Crippen LogP) is 4.16. The molecule has 0 bridgehead atoms. The van der Waals surface area contributed by atoms with E-state index in [0.29, 0.717) is 17.9 Å². The maximum absolute atomic E-state index is 12.2. The third-order valence-electron chi connectivity index (χ3n) is 5.63. The van der Waals surface area contributed by atoms with E-state index < -0.39 is 0 Å². The van der Waals surface area contributed by atoms with Crippen LogP contribution in [0.2, 0.25) is 0 Å². The number of nitrogens with zero attached hydrogens (tertiary/aromatic N) is 4. The highest BCUT2D eigenvalue weighted by Crippen LogP contribution is 2.29. The summed E-state index contributed by atoms with van der Waals surface area (Å²) < 4.78 is 13.7. The largest absolute Gasteiger partial charge is 0.459 e. The van der Waals surface area contributed by atoms with Gasteiger partial charge in [0.2, 0.25) is 0 Å². The molecule has 1 saturated heterocycles. The van der Waals surface area contributed by atoms with Gasteiger partial charge in [-0.1, -0.05) is 36.4 Å². The van der Waals surface area contributed by atoms with Crippen molar-refractivity contribution >= 4 is 5.97 Å². The van der Waals surface area contributed by atoms with Crippen molar-refractivity contribution in [3.63, 3.8) is 0 Å². The summed E-state index contributed by atoms with van der Waals surface area (Å²) in [6.07, 6.45) is 6.41. The van der Waals surface area contributed by atoms with E-state index in [0.717, 1.165) is 30.8 Å². The van der Waals surface area contributed by atoms with Crippen molar-refractivity contribution in [3.05, 3.63) is 66.5 Å². The second-order valence-electron chi connectivity index (χ2n) is 8.21. The van der Waals surface area contributed by atoms with E-state index in [9.17, 15) is 4.79 Å². The minimum Gasteiger partial charge on any atom is -0.459 e. The van der Waals surface area contributed by atoms with Crippen molar-refractivity contribution in [2.24, 2.45) is 5.92 Å². The fourth-order valence-electron chi connectivity index (χ4n) is 4.00. The first kappa shape index (κ1) is 21.2. The van der Waals surface area contributed by atoms with Gasteiger partial charge in [0.15, 0.2) is 0 Å². The Hall–Kier alpha value is -3.06. The van der Waals surface area contributed by atoms with Crippen LogP contribution >= 0.6 is 0 Å². The standard InChI is InChI=1S/C24H28N4O3/c1-17(15-28-16-22(26-27-28)21-10-6-7-13-25-21)23-12-11-20(31-23)14-18(2)30-24(29)19-8-4-3-5-9-19/h3-10,13,16-18,20,23H,11-12,14-15H2,1-2H3/t17-,18-,20+,23+/m1/s1. The highest BCUT2D eigenvalue weighted by molar-refractivity contribution is 5.89. The van der Waals surface area contributed by atoms with Gasteiger partial charge >= 0.3 is 5.97 Å². The molecule has 0 unspecified atom stereocenters. The summed E-state index contributed by atoms with van der Waals surface area (Å²) in [7, 11) is 0. The number of rotatable bonds is 8. The average Bonchev–Trinajstić information content (AvgIpc) is 3.45. The first-order chi connectivity index (χ1) is 15.1. The monoisotopic (exact) mass is 420 g/mol. The fourth-order valence-corrected chi connectivity index (χ4v) is 4.00. The van der Waals surface area contributed by atoms with Crippen molar-refractivity contribution in [2.45, 2.75) is 58.0 Å². The highest BCUT2D eigenvalue weighted by Gasteiger charge is 2.31. The van der Waals surface area contributed by atoms with Crippen molar-refractivity contribution in [2.75, 3.05) is 0 Å². The quantitative estimate of drug-likeness (QED) is 0.509. The van der Waals surface area contributed by atoms with E-state index in [4.69, 9.17) is 9.47 Å². The number of aromatic nitrogens is 4. The topological polar surface area (TPSA) is 79.1 Å². The molecule has 0 saturated carbocycles. The molecule has 162 valence electrons. The lowest BCUT2D eigenvalue weighted by molar-refractivity contribution is -0.0192. The number of benzene rings is 1. The molecule has 3 aromatic rings. The zero-order valence-corrected chi connectivity index (χ0v) is 17.9. The number of ether oxygens (including phenoxy) is 2. The summed E-state index contributed by atoms with van der Waals surface area (Å²) in [5, 5.41) is 8.48. The van der Waals surface area contributed by atoms with Gasteiger partial charge in [0, 0.05) is 25.1 Å². The molecule has 0 radical (unpaired) electrons. The van der Waals surface area contributed by atoms with Crippen LogP contribution in [0.4, 0.5) is 0 Å². The summed E-state index contributed by atoms with van der Waals surface area (Å²) in [6, 6.07) is 14.8. The molecule has 1 aliphatic heterocycles. The summed E-state index contributed by atoms with van der Waals surface area (Å²) in [6.45, 7) is 4.83. The number of carbonyl (C=O) groups is 1. The van der Waals surface area contributed by atoms with Gasteiger partial charge in [-0.15, -0.1) is 5.10 Å². The maximum Gasteiger partial charge on any atom is 0.338 e. The van der Waals surface area contributed by atoms with Gasteiger partial charge in [-0.3, -0.25) is 9.67 Å². The Morgan fingerprint density at radius 1 is 1.13 bits per heavy atom. The molecule has 1 aromatic carbocycles. The minimum atomic E-state index is -0.286. The molecule has 0 N–H and O–H groups in total. The third-order valence-corrected chi connectivity index (χ3v) is 5.63. The van der Waals surface area contributed by atoms with Gasteiger partial charge in [-0.25, -0.2) is 4.79 Å². The van der Waals surface area contributed by atoms with Gasteiger partial charge in [-0.2, -0.15) is 0 Å². The van der Waals surface area contributed by atoms with Crippen LogP contribution in [-0.2, 0) is 16.0 Å². The lowest BCUT2D eigenvalue weighted by Crippen LogP contribution is -2.25. The van der Waals surface area contributed by atoms with Crippen molar-refractivity contribution in [1.29, 1.82) is 0 Å². The molecule has 7 nitrogen and oxygen atoms in total. The van der Waals surface area contributed by atoms with E-state index in [1.165, 1.54) is 0 Å². The minimum absolute atomic E-state index is 0.103. The normalized spacial score (nSPS) is 20.3. The molecule has 3 heterocycles. The smallest absolute Gasteiger partial charge is 0.338 e. The zero-order chi connectivity index (χ0) is 21.6. The first-order valence-corrected chi connectivity index (χ1v) is 10.8. The van der Waals surface area contributed by atoms with Crippen LogP contribution in [0.1, 0.15) is 43.5 Å². The Balaban J connectivity index is 1.25. The molecule has 7 heteroatoms. The summed E-state index contributed by atoms with van der Waals surface area (Å²) in [4.78, 5) is 16.5. The van der Waals surface area contributed by atoms with E-state index in [2.05, 4.69) is 22.2 Å². The fraction of sp³-hybridized carbons (Fsp3) is 0.417. The van der Waals surface area contributed by atoms with E-state index in [1.807, 2.05) is 54.2 Å². The van der Waals surface area contributed by atoms with Gasteiger partial charge in [0.25, 0.3) is 0 Å². The van der Waals surface area contributed by atoms with Crippen molar-refractivity contribution in [1.82, 2.24) is 20.0 Å². The average molecular weight is 421 g/mol. The molecule has 0 aliphatic carbocycles. The molecule has 31 heavy (non-hydrogen) atoms. The Morgan fingerprint density at radius 3 is 2.71 bits per heavy atom. The second-order valence-corrected chi connectivity index (χ2v) is 8.21. The Labute approximate surface area is 182 Å². The molecule has 2 aromatic heterocycles. The highest BCUT2D eigenvalue weighted by atomic mass is 16.5. The summed E-state index contributed by atoms with van der Waals surface area (Å²) in [5.74, 6) is 0.0105. The number of esters is 1. The molecule has 0 spiro atoms. The van der Waals surface area contributed by atoms with Crippen LogP contribution in [0.3, 0.4) is 0 Å². The van der Waals surface area contributed by atoms with E-state index >= 15 is 0 Å². The number of hydrogen-bond donors (Lipinski definition) is 0. The van der Waals surface area contributed by atoms with Crippen LogP contribution in [0.15, 0.2) is 60.9 Å².